The van der Waals surface area contributed by atoms with Crippen LogP contribution >= 0.6 is 11.6 Å². The molecule has 0 atom stereocenters. The Hall–Kier alpha value is -4.30. The van der Waals surface area contributed by atoms with Crippen LogP contribution in [0.3, 0.4) is 0 Å². The van der Waals surface area contributed by atoms with E-state index in [1.165, 1.54) is 20.3 Å². The monoisotopic (exact) mass is 531 g/mol. The largest absolute Gasteiger partial charge is 0.493 e. The quantitative estimate of drug-likeness (QED) is 0.344. The normalized spacial score (nSPS) is 15.3. The molecule has 0 aliphatic carbocycles. The molecule has 0 aromatic heterocycles. The fourth-order valence-electron chi connectivity index (χ4n) is 4.77. The van der Waals surface area contributed by atoms with Crippen molar-refractivity contribution < 1.29 is 23.9 Å². The smallest absolute Gasteiger partial charge is 0.268 e. The van der Waals surface area contributed by atoms with Crippen molar-refractivity contribution >= 4 is 46.8 Å². The summed E-state index contributed by atoms with van der Waals surface area (Å²) >= 11 is 6.18. The average molecular weight is 532 g/mol. The summed E-state index contributed by atoms with van der Waals surface area (Å²) in [5, 5.41) is 0.584. The van der Waals surface area contributed by atoms with E-state index in [1.54, 1.807) is 47.4 Å². The van der Waals surface area contributed by atoms with Gasteiger partial charge < -0.3 is 19.3 Å². The third-order valence-corrected chi connectivity index (χ3v) is 7.11. The summed E-state index contributed by atoms with van der Waals surface area (Å²) in [6, 6.07) is 17.6. The van der Waals surface area contributed by atoms with E-state index >= 15 is 0 Å². The molecule has 5 rings (SSSR count). The van der Waals surface area contributed by atoms with Gasteiger partial charge >= 0.3 is 0 Å². The van der Waals surface area contributed by atoms with Crippen molar-refractivity contribution in [3.8, 4) is 11.5 Å². The van der Waals surface area contributed by atoms with Crippen LogP contribution in [0.25, 0.3) is 6.08 Å². The maximum absolute atomic E-state index is 13.6. The lowest BCUT2D eigenvalue weighted by Gasteiger charge is -2.36. The molecule has 0 saturated carbocycles. The molecule has 0 spiro atoms. The third kappa shape index (κ3) is 4.59. The first-order valence-electron chi connectivity index (χ1n) is 12.1. The van der Waals surface area contributed by atoms with E-state index < -0.39 is 11.8 Å². The van der Waals surface area contributed by atoms with Gasteiger partial charge in [-0.1, -0.05) is 35.9 Å². The molecule has 38 heavy (non-hydrogen) atoms. The Morgan fingerprint density at radius 3 is 2.32 bits per heavy atom. The summed E-state index contributed by atoms with van der Waals surface area (Å²) in [6.45, 7) is 2.02. The molecule has 0 bridgehead atoms. The lowest BCUT2D eigenvalue weighted by molar-refractivity contribution is -0.126. The van der Waals surface area contributed by atoms with Gasteiger partial charge in [-0.05, 0) is 42.0 Å². The molecule has 2 heterocycles. The number of amides is 3. The molecule has 9 heteroatoms. The molecule has 3 amide bonds. The maximum Gasteiger partial charge on any atom is 0.268 e. The number of fused-ring (bicyclic) bond motifs is 1. The zero-order valence-electron chi connectivity index (χ0n) is 21.0. The number of anilines is 2. The van der Waals surface area contributed by atoms with Crippen LogP contribution in [0.2, 0.25) is 5.02 Å². The van der Waals surface area contributed by atoms with Gasteiger partial charge in [-0.2, -0.15) is 0 Å². The number of hydrogen-bond donors (Lipinski definition) is 0. The van der Waals surface area contributed by atoms with E-state index in [1.807, 2.05) is 29.2 Å². The fourth-order valence-corrected chi connectivity index (χ4v) is 4.97. The molecule has 0 unspecified atom stereocenters. The zero-order valence-corrected chi connectivity index (χ0v) is 21.8. The zero-order chi connectivity index (χ0) is 26.8. The van der Waals surface area contributed by atoms with Crippen LogP contribution in [0.1, 0.15) is 26.3 Å². The molecular formula is C29H26ClN3O5. The molecule has 1 fully saturated rings. The van der Waals surface area contributed by atoms with Crippen LogP contribution in [0, 0.1) is 0 Å². The number of hydrogen-bond acceptors (Lipinski definition) is 6. The Morgan fingerprint density at radius 2 is 1.61 bits per heavy atom. The van der Waals surface area contributed by atoms with Crippen molar-refractivity contribution in [1.29, 1.82) is 0 Å². The molecule has 1 saturated heterocycles. The van der Waals surface area contributed by atoms with E-state index in [0.29, 0.717) is 65.2 Å². The summed E-state index contributed by atoms with van der Waals surface area (Å²) in [4.78, 5) is 44.6. The highest BCUT2D eigenvalue weighted by atomic mass is 35.5. The topological polar surface area (TPSA) is 79.4 Å². The molecule has 194 valence electrons. The maximum atomic E-state index is 13.6. The number of imide groups is 1. The molecule has 3 aromatic carbocycles. The van der Waals surface area contributed by atoms with E-state index in [0.717, 1.165) is 10.5 Å². The van der Waals surface area contributed by atoms with Gasteiger partial charge in [0.05, 0.1) is 36.7 Å². The van der Waals surface area contributed by atoms with Crippen LogP contribution in [-0.2, 0) is 4.79 Å². The molecule has 2 aliphatic heterocycles. The number of rotatable bonds is 6. The lowest BCUT2D eigenvalue weighted by Crippen LogP contribution is -2.48. The molecule has 0 N–H and O–H groups in total. The van der Waals surface area contributed by atoms with Crippen LogP contribution in [0.5, 0.6) is 11.5 Å². The predicted molar refractivity (Wildman–Crippen MR) is 146 cm³/mol. The van der Waals surface area contributed by atoms with Gasteiger partial charge in [-0.3, -0.25) is 14.4 Å². The molecule has 3 aromatic rings. The van der Waals surface area contributed by atoms with Crippen molar-refractivity contribution in [2.75, 3.05) is 50.2 Å². The summed E-state index contributed by atoms with van der Waals surface area (Å²) in [7, 11) is 3.02. The standard InChI is InChI=1S/C29H26ClN3O5/c1-37-24-12-11-20(18-25(24)38-2)33-28(35)21-7-5-9-23(27(21)29(33)36)31-14-16-32(17-15-31)26(34)13-10-19-6-3-4-8-22(19)30/h3-13,18H,14-17H2,1-2H3/b13-10+. The second kappa shape index (κ2) is 10.6. The minimum Gasteiger partial charge on any atom is -0.493 e. The molecule has 0 radical (unpaired) electrons. The van der Waals surface area contributed by atoms with Crippen molar-refractivity contribution in [3.05, 3.63) is 88.5 Å². The number of carbonyl (C=O) groups is 3. The number of carbonyl (C=O) groups excluding carboxylic acids is 3. The Labute approximate surface area is 225 Å². The Kier molecular flexibility index (Phi) is 7.07. The van der Waals surface area contributed by atoms with E-state index in [9.17, 15) is 14.4 Å². The van der Waals surface area contributed by atoms with E-state index in [-0.39, 0.29) is 5.91 Å². The molecular weight excluding hydrogens is 506 g/mol. The number of benzene rings is 3. The van der Waals surface area contributed by atoms with Crippen molar-refractivity contribution in [2.45, 2.75) is 0 Å². The molecule has 2 aliphatic rings. The first kappa shape index (κ1) is 25.4. The van der Waals surface area contributed by atoms with Gasteiger partial charge in [0, 0.05) is 43.3 Å². The minimum absolute atomic E-state index is 0.103. The van der Waals surface area contributed by atoms with Gasteiger partial charge in [0.15, 0.2) is 11.5 Å². The highest BCUT2D eigenvalue weighted by Gasteiger charge is 2.40. The van der Waals surface area contributed by atoms with Gasteiger partial charge in [0.2, 0.25) is 5.91 Å². The SMILES string of the molecule is COc1ccc(N2C(=O)c3cccc(N4CCN(C(=O)/C=C/c5ccccc5Cl)CC4)c3C2=O)cc1OC. The highest BCUT2D eigenvalue weighted by Crippen LogP contribution is 2.38. The first-order valence-corrected chi connectivity index (χ1v) is 12.5. The first-order chi connectivity index (χ1) is 18.4. The van der Waals surface area contributed by atoms with Crippen LogP contribution in [-0.4, -0.2) is 63.0 Å². The Morgan fingerprint density at radius 1 is 0.868 bits per heavy atom. The van der Waals surface area contributed by atoms with Crippen LogP contribution < -0.4 is 19.3 Å². The van der Waals surface area contributed by atoms with Gasteiger partial charge in [-0.15, -0.1) is 0 Å². The summed E-state index contributed by atoms with van der Waals surface area (Å²) < 4.78 is 10.6. The summed E-state index contributed by atoms with van der Waals surface area (Å²) in [5.41, 5.74) is 2.58. The summed E-state index contributed by atoms with van der Waals surface area (Å²) in [6.07, 6.45) is 3.24. The fraction of sp³-hybridized carbons (Fsp3) is 0.207. The number of nitrogens with zero attached hydrogens (tertiary/aromatic N) is 3. The van der Waals surface area contributed by atoms with Gasteiger partial charge in [0.1, 0.15) is 0 Å². The Balaban J connectivity index is 1.33. The van der Waals surface area contributed by atoms with Crippen molar-refractivity contribution in [3.63, 3.8) is 0 Å². The van der Waals surface area contributed by atoms with E-state index in [2.05, 4.69) is 0 Å². The van der Waals surface area contributed by atoms with E-state index in [4.69, 9.17) is 21.1 Å². The second-order valence-electron chi connectivity index (χ2n) is 8.85. The lowest BCUT2D eigenvalue weighted by atomic mass is 10.1. The van der Waals surface area contributed by atoms with Crippen LogP contribution in [0.4, 0.5) is 11.4 Å². The number of ether oxygens (including phenoxy) is 2. The number of piperazine rings is 1. The number of methoxy groups -OCH3 is 2. The summed E-state index contributed by atoms with van der Waals surface area (Å²) in [5.74, 6) is 0.0363. The average Bonchev–Trinajstić information content (AvgIpc) is 3.21. The minimum atomic E-state index is -0.394. The van der Waals surface area contributed by atoms with Gasteiger partial charge in [-0.25, -0.2) is 4.90 Å². The Bertz CT molecular complexity index is 1450. The third-order valence-electron chi connectivity index (χ3n) is 6.76. The van der Waals surface area contributed by atoms with Crippen LogP contribution in [0.15, 0.2) is 66.7 Å². The number of halogens is 1. The molecule has 8 nitrogen and oxygen atoms in total. The van der Waals surface area contributed by atoms with Gasteiger partial charge in [0.25, 0.3) is 11.8 Å². The predicted octanol–water partition coefficient (Wildman–Crippen LogP) is 4.52. The second-order valence-corrected chi connectivity index (χ2v) is 9.26. The van der Waals surface area contributed by atoms with Crippen molar-refractivity contribution in [1.82, 2.24) is 4.90 Å². The highest BCUT2D eigenvalue weighted by molar-refractivity contribution is 6.36. The van der Waals surface area contributed by atoms with Crippen molar-refractivity contribution in [2.24, 2.45) is 0 Å².